The molecule has 1 saturated heterocycles. The Bertz CT molecular complexity index is 893. The van der Waals surface area contributed by atoms with Gasteiger partial charge < -0.3 is 29.7 Å². The van der Waals surface area contributed by atoms with Gasteiger partial charge in [-0.15, -0.1) is 0 Å². The van der Waals surface area contributed by atoms with Gasteiger partial charge in [-0.05, 0) is 19.1 Å². The number of hydrogen-bond acceptors (Lipinski definition) is 11. The monoisotopic (exact) mass is 451 g/mol. The number of carboxylic acid groups (broad SMARTS) is 1. The molecule has 0 radical (unpaired) electrons. The van der Waals surface area contributed by atoms with Gasteiger partial charge in [-0.3, -0.25) is 9.69 Å². The number of rotatable bonds is 9. The Morgan fingerprint density at radius 2 is 2.23 bits per heavy atom. The molecule has 0 aliphatic carbocycles. The fraction of sp³-hybridized carbons (Fsp3) is 0.389. The van der Waals surface area contributed by atoms with Crippen molar-refractivity contribution in [2.45, 2.75) is 37.8 Å². The number of para-hydroxylation sites is 1. The van der Waals surface area contributed by atoms with Crippen LogP contribution in [0.2, 0.25) is 0 Å². The van der Waals surface area contributed by atoms with Crippen molar-refractivity contribution in [2.24, 2.45) is 15.7 Å². The quantitative estimate of drug-likeness (QED) is 0.300. The van der Waals surface area contributed by atoms with Crippen molar-refractivity contribution in [3.8, 4) is 5.75 Å². The predicted molar refractivity (Wildman–Crippen MR) is 111 cm³/mol. The molecular weight excluding hydrogens is 429 g/mol. The molecule has 12 nitrogen and oxygen atoms in total. The number of aliphatic imine (C=N–C) groups is 2. The van der Waals surface area contributed by atoms with Crippen LogP contribution < -0.4 is 15.3 Å². The minimum absolute atomic E-state index is 0.0876. The molecule has 0 saturated carbocycles. The summed E-state index contributed by atoms with van der Waals surface area (Å²) in [5.74, 6) is 0.882. The molecule has 1 unspecified atom stereocenters. The number of guanidine groups is 1. The van der Waals surface area contributed by atoms with E-state index < -0.39 is 39.0 Å². The highest BCUT2D eigenvalue weighted by atomic mass is 31.2. The number of aliphatic hydroxyl groups is 1. The van der Waals surface area contributed by atoms with E-state index in [4.69, 9.17) is 24.6 Å². The number of hydrogen-bond donors (Lipinski definition) is 4. The smallest absolute Gasteiger partial charge is 0.320 e. The van der Waals surface area contributed by atoms with E-state index in [-0.39, 0.29) is 24.8 Å². The van der Waals surface area contributed by atoms with Gasteiger partial charge in [0, 0.05) is 6.42 Å². The second kappa shape index (κ2) is 10.5. The summed E-state index contributed by atoms with van der Waals surface area (Å²) in [5.41, 5.74) is 5.48. The molecule has 31 heavy (non-hydrogen) atoms. The number of carbonyl (C=O) groups excluding carboxylic acids is 1. The molecule has 166 valence electrons. The summed E-state index contributed by atoms with van der Waals surface area (Å²) in [6.45, 7) is 1.37. The maximum absolute atomic E-state index is 11.2. The van der Waals surface area contributed by atoms with Crippen molar-refractivity contribution in [3.63, 3.8) is 0 Å². The third-order valence-corrected chi connectivity index (χ3v) is 5.70. The lowest BCUT2D eigenvalue weighted by molar-refractivity contribution is -0.138. The molecule has 0 spiro atoms. The summed E-state index contributed by atoms with van der Waals surface area (Å²) in [6, 6.07) is 7.84. The fourth-order valence-corrected chi connectivity index (χ4v) is 3.92. The molecule has 1 aromatic carbocycles. The molecular formula is C18H22N5O7P. The van der Waals surface area contributed by atoms with E-state index in [0.29, 0.717) is 5.75 Å². The SMILES string of the molecule is C[C@H](NP(OC[C@H]1O[C@@H](N2C=NC(N)=NC2=C=O)C[C@@H]1O)Oc1ccccc1)C(=O)O. The van der Waals surface area contributed by atoms with Crippen molar-refractivity contribution in [2.75, 3.05) is 6.61 Å². The summed E-state index contributed by atoms with van der Waals surface area (Å²) in [5, 5.41) is 22.3. The zero-order chi connectivity index (χ0) is 22.4. The van der Waals surface area contributed by atoms with Gasteiger partial charge >= 0.3 is 14.5 Å². The highest BCUT2D eigenvalue weighted by Crippen LogP contribution is 2.37. The van der Waals surface area contributed by atoms with E-state index in [0.717, 1.165) is 0 Å². The summed E-state index contributed by atoms with van der Waals surface area (Å²) in [4.78, 5) is 31.3. The van der Waals surface area contributed by atoms with Gasteiger partial charge in [0.05, 0.1) is 12.7 Å². The predicted octanol–water partition coefficient (Wildman–Crippen LogP) is 0.179. The van der Waals surface area contributed by atoms with Crippen LogP contribution in [0.5, 0.6) is 5.75 Å². The van der Waals surface area contributed by atoms with E-state index in [2.05, 4.69) is 15.1 Å². The van der Waals surface area contributed by atoms with Crippen LogP contribution >= 0.6 is 8.53 Å². The molecule has 0 amide bonds. The normalized spacial score (nSPS) is 25.0. The first-order valence-corrected chi connectivity index (χ1v) is 10.5. The second-order valence-electron chi connectivity index (χ2n) is 6.63. The summed E-state index contributed by atoms with van der Waals surface area (Å²) in [7, 11) is -1.86. The number of nitrogens with one attached hydrogen (secondary N) is 1. The molecule has 5 N–H and O–H groups in total. The molecule has 0 aromatic heterocycles. The van der Waals surface area contributed by atoms with Crippen LogP contribution in [-0.2, 0) is 18.8 Å². The van der Waals surface area contributed by atoms with Crippen molar-refractivity contribution < 1.29 is 33.6 Å². The standard InChI is InChI=1S/C18H22N5O7P/c1-11(17(26)27)22-31(30-12-5-3-2-4-6-12)28-9-14-13(25)7-16(29-14)23-10-20-18(19)21-15(23)8-24/h2-6,10-11,13-14,16,22,25H,7,9H2,1H3,(H2,19,21)(H,26,27)/t11-,13-,14+,16+,31?/m0/s1. The first-order valence-electron chi connectivity index (χ1n) is 9.27. The molecule has 1 fully saturated rings. The summed E-state index contributed by atoms with van der Waals surface area (Å²) in [6.07, 6.45) is -0.976. The number of aliphatic carboxylic acids is 1. The maximum Gasteiger partial charge on any atom is 0.320 e. The van der Waals surface area contributed by atoms with Crippen LogP contribution in [0.4, 0.5) is 0 Å². The highest BCUT2D eigenvalue weighted by Gasteiger charge is 2.39. The van der Waals surface area contributed by atoms with Gasteiger partial charge in [-0.25, -0.2) is 14.9 Å². The third kappa shape index (κ3) is 6.08. The van der Waals surface area contributed by atoms with Crippen LogP contribution in [0.3, 0.4) is 0 Å². The van der Waals surface area contributed by atoms with Gasteiger partial charge in [-0.2, -0.15) is 4.99 Å². The molecule has 13 heteroatoms. The molecule has 2 aliphatic rings. The minimum Gasteiger partial charge on any atom is -0.480 e. The van der Waals surface area contributed by atoms with E-state index in [9.17, 15) is 14.7 Å². The lowest BCUT2D eigenvalue weighted by Gasteiger charge is -2.26. The summed E-state index contributed by atoms with van der Waals surface area (Å²) >= 11 is 0. The van der Waals surface area contributed by atoms with E-state index >= 15 is 0 Å². The highest BCUT2D eigenvalue weighted by molar-refractivity contribution is 7.45. The first-order chi connectivity index (χ1) is 14.9. The van der Waals surface area contributed by atoms with Crippen LogP contribution in [0.15, 0.2) is 46.1 Å². The lowest BCUT2D eigenvalue weighted by Crippen LogP contribution is -2.37. The van der Waals surface area contributed by atoms with Gasteiger partial charge in [0.1, 0.15) is 30.5 Å². The first kappa shape index (κ1) is 22.8. The van der Waals surface area contributed by atoms with Gasteiger partial charge in [-0.1, -0.05) is 18.2 Å². The van der Waals surface area contributed by atoms with Crippen molar-refractivity contribution >= 4 is 32.7 Å². The van der Waals surface area contributed by atoms with Crippen LogP contribution in [0.25, 0.3) is 0 Å². The zero-order valence-electron chi connectivity index (χ0n) is 16.5. The average molecular weight is 451 g/mol. The molecule has 2 heterocycles. The Balaban J connectivity index is 1.62. The number of carboxylic acids is 1. The Labute approximate surface area is 179 Å². The van der Waals surface area contributed by atoms with Crippen LogP contribution in [-0.4, -0.2) is 70.4 Å². The molecule has 1 aromatic rings. The summed E-state index contributed by atoms with van der Waals surface area (Å²) < 4.78 is 17.3. The molecule has 3 rings (SSSR count). The van der Waals surface area contributed by atoms with E-state index in [1.807, 2.05) is 6.07 Å². The minimum atomic E-state index is -1.86. The molecule has 0 bridgehead atoms. The zero-order valence-corrected chi connectivity index (χ0v) is 17.4. The van der Waals surface area contributed by atoms with Crippen LogP contribution in [0.1, 0.15) is 13.3 Å². The number of aliphatic hydroxyl groups excluding tert-OH is 1. The van der Waals surface area contributed by atoms with Crippen LogP contribution in [0, 0.1) is 0 Å². The Kier molecular flexibility index (Phi) is 7.69. The Morgan fingerprint density at radius 3 is 2.90 bits per heavy atom. The number of nitrogens with two attached hydrogens (primary N) is 1. The number of ether oxygens (including phenoxy) is 1. The van der Waals surface area contributed by atoms with Crippen molar-refractivity contribution in [3.05, 3.63) is 36.2 Å². The van der Waals surface area contributed by atoms with E-state index in [1.165, 1.54) is 18.2 Å². The largest absolute Gasteiger partial charge is 0.480 e. The van der Waals surface area contributed by atoms with E-state index in [1.54, 1.807) is 30.2 Å². The topological polar surface area (TPSA) is 168 Å². The average Bonchev–Trinajstić information content (AvgIpc) is 3.12. The van der Waals surface area contributed by atoms with Crippen molar-refractivity contribution in [1.29, 1.82) is 0 Å². The van der Waals surface area contributed by atoms with Crippen molar-refractivity contribution in [1.82, 2.24) is 9.99 Å². The Morgan fingerprint density at radius 1 is 1.48 bits per heavy atom. The number of nitrogens with zero attached hydrogens (tertiary/aromatic N) is 3. The maximum atomic E-state index is 11.2. The lowest BCUT2D eigenvalue weighted by atomic mass is 10.2. The molecule has 5 atom stereocenters. The fourth-order valence-electron chi connectivity index (χ4n) is 2.71. The Hall–Kier alpha value is -2.85. The number of carbonyl (C=O) groups is 1. The van der Waals surface area contributed by atoms with Gasteiger partial charge in [0.25, 0.3) is 0 Å². The number of benzene rings is 1. The van der Waals surface area contributed by atoms with Gasteiger partial charge in [0.15, 0.2) is 5.94 Å². The second-order valence-corrected chi connectivity index (χ2v) is 7.84. The third-order valence-electron chi connectivity index (χ3n) is 4.34. The molecule has 2 aliphatic heterocycles. The van der Waals surface area contributed by atoms with Gasteiger partial charge in [0.2, 0.25) is 11.8 Å².